The highest BCUT2D eigenvalue weighted by Gasteiger charge is 2.17. The average molecular weight is 367 g/mol. The van der Waals surface area contributed by atoms with Crippen LogP contribution < -0.4 is 10.0 Å². The molecular weight excluding hydrogens is 349 g/mol. The summed E-state index contributed by atoms with van der Waals surface area (Å²) in [7, 11) is -4.25. The first-order chi connectivity index (χ1) is 12.5. The molecule has 0 spiro atoms. The minimum absolute atomic E-state index is 0.0145. The molecule has 0 atom stereocenters. The second-order valence-electron chi connectivity index (χ2n) is 6.02. The van der Waals surface area contributed by atoms with Crippen molar-refractivity contribution in [3.05, 3.63) is 66.7 Å². The molecule has 0 aliphatic rings. The Kier molecular flexibility index (Phi) is 4.08. The summed E-state index contributed by atoms with van der Waals surface area (Å²) < 4.78 is 19.2. The summed E-state index contributed by atoms with van der Waals surface area (Å²) in [6, 6.07) is 20.5. The second kappa shape index (κ2) is 6.29. The molecule has 1 aromatic heterocycles. The lowest BCUT2D eigenvalue weighted by molar-refractivity contribution is 0.341. The number of nitrogens with zero attached hydrogens (tertiary/aromatic N) is 1. The number of ether oxygens (including phenoxy) is 1. The maximum absolute atomic E-state index is 11.4. The first-order valence-electron chi connectivity index (χ1n) is 8.31. The van der Waals surface area contributed by atoms with E-state index in [1.807, 2.05) is 43.3 Å². The van der Waals surface area contributed by atoms with Crippen LogP contribution in [0.25, 0.3) is 27.5 Å². The van der Waals surface area contributed by atoms with Crippen LogP contribution in [0.1, 0.15) is 6.92 Å². The quantitative estimate of drug-likeness (QED) is 0.535. The Morgan fingerprint density at radius 3 is 2.31 bits per heavy atom. The van der Waals surface area contributed by atoms with Gasteiger partial charge in [0.2, 0.25) is 0 Å². The van der Waals surface area contributed by atoms with E-state index in [2.05, 4.69) is 10.6 Å². The number of aromatic nitrogens is 1. The van der Waals surface area contributed by atoms with Crippen LogP contribution in [0.3, 0.4) is 0 Å². The molecule has 0 bridgehead atoms. The predicted molar refractivity (Wildman–Crippen MR) is 104 cm³/mol. The minimum Gasteiger partial charge on any atom is -0.494 e. The Bertz CT molecular complexity index is 1140. The number of fused-ring (bicyclic) bond motifs is 3. The molecule has 0 fully saturated rings. The summed E-state index contributed by atoms with van der Waals surface area (Å²) in [5, 5.41) is 2.19. The van der Waals surface area contributed by atoms with Gasteiger partial charge in [0.1, 0.15) is 5.75 Å². The number of hydrogen-bond donors (Lipinski definition) is 2. The molecule has 2 N–H and O–H groups in total. The highest BCUT2D eigenvalue weighted by atomic mass is 31.2. The van der Waals surface area contributed by atoms with E-state index in [1.54, 1.807) is 12.1 Å². The zero-order chi connectivity index (χ0) is 18.3. The normalized spacial score (nSPS) is 12.0. The Morgan fingerprint density at radius 1 is 0.923 bits per heavy atom. The van der Waals surface area contributed by atoms with Crippen molar-refractivity contribution < 1.29 is 19.1 Å². The van der Waals surface area contributed by atoms with E-state index < -0.39 is 7.60 Å². The molecule has 3 aromatic carbocycles. The van der Waals surface area contributed by atoms with Gasteiger partial charge >= 0.3 is 7.60 Å². The standard InChI is InChI=1S/C20H18NO4P/c1-2-25-15-9-12-20-18(13-15)17-5-3-4-6-19(17)21(20)14-7-10-16(11-8-14)26(22,23)24/h3-13H,2H2,1H3,(H2,22,23,24). The first-order valence-corrected chi connectivity index (χ1v) is 9.93. The number of benzene rings is 3. The second-order valence-corrected chi connectivity index (χ2v) is 7.63. The molecule has 0 radical (unpaired) electrons. The van der Waals surface area contributed by atoms with Gasteiger partial charge in [-0.3, -0.25) is 4.57 Å². The van der Waals surface area contributed by atoms with Crippen LogP contribution in [-0.4, -0.2) is 21.0 Å². The Hall–Kier alpha value is -2.59. The van der Waals surface area contributed by atoms with Crippen LogP contribution in [0.4, 0.5) is 0 Å². The van der Waals surface area contributed by atoms with Crippen LogP contribution >= 0.6 is 7.60 Å². The summed E-state index contributed by atoms with van der Waals surface area (Å²) >= 11 is 0. The zero-order valence-corrected chi connectivity index (χ0v) is 15.1. The molecule has 5 nitrogen and oxygen atoms in total. The molecule has 1 heterocycles. The number of rotatable bonds is 4. The lowest BCUT2D eigenvalue weighted by Gasteiger charge is -2.10. The van der Waals surface area contributed by atoms with Gasteiger partial charge in [0.15, 0.2) is 0 Å². The summed E-state index contributed by atoms with van der Waals surface area (Å²) in [6.45, 7) is 2.56. The van der Waals surface area contributed by atoms with Gasteiger partial charge in [-0.1, -0.05) is 18.2 Å². The van der Waals surface area contributed by atoms with Crippen molar-refractivity contribution in [1.29, 1.82) is 0 Å². The molecule has 132 valence electrons. The van der Waals surface area contributed by atoms with Crippen molar-refractivity contribution in [1.82, 2.24) is 4.57 Å². The molecular formula is C20H18NO4P. The van der Waals surface area contributed by atoms with Crippen LogP contribution in [0, 0.1) is 0 Å². The Balaban J connectivity index is 1.97. The van der Waals surface area contributed by atoms with Gasteiger partial charge in [0, 0.05) is 16.5 Å². The van der Waals surface area contributed by atoms with Crippen molar-refractivity contribution in [3.63, 3.8) is 0 Å². The van der Waals surface area contributed by atoms with Gasteiger partial charge in [-0.05, 0) is 55.5 Å². The smallest absolute Gasteiger partial charge is 0.356 e. The van der Waals surface area contributed by atoms with Crippen molar-refractivity contribution in [2.24, 2.45) is 0 Å². The summed E-state index contributed by atoms with van der Waals surface area (Å²) in [4.78, 5) is 18.7. The summed E-state index contributed by atoms with van der Waals surface area (Å²) in [6.07, 6.45) is 0. The molecule has 0 unspecified atom stereocenters. The van der Waals surface area contributed by atoms with E-state index >= 15 is 0 Å². The molecule has 0 saturated heterocycles. The molecule has 0 saturated carbocycles. The fraction of sp³-hybridized carbons (Fsp3) is 0.100. The van der Waals surface area contributed by atoms with Gasteiger partial charge < -0.3 is 19.1 Å². The van der Waals surface area contributed by atoms with Crippen molar-refractivity contribution >= 4 is 34.7 Å². The molecule has 4 rings (SSSR count). The third-order valence-corrected chi connectivity index (χ3v) is 5.37. The zero-order valence-electron chi connectivity index (χ0n) is 14.2. The summed E-state index contributed by atoms with van der Waals surface area (Å²) in [5.74, 6) is 0.819. The minimum atomic E-state index is -4.25. The van der Waals surface area contributed by atoms with E-state index in [4.69, 9.17) is 4.74 Å². The van der Waals surface area contributed by atoms with Gasteiger partial charge in [-0.2, -0.15) is 0 Å². The van der Waals surface area contributed by atoms with Crippen LogP contribution in [-0.2, 0) is 4.57 Å². The predicted octanol–water partition coefficient (Wildman–Crippen LogP) is 3.99. The SMILES string of the molecule is CCOc1ccc2c(c1)c1ccccc1n2-c1ccc(P(=O)(O)O)cc1. The van der Waals surface area contributed by atoms with E-state index in [0.29, 0.717) is 6.61 Å². The van der Waals surface area contributed by atoms with Crippen LogP contribution in [0.5, 0.6) is 5.75 Å². The van der Waals surface area contributed by atoms with Crippen molar-refractivity contribution in [2.45, 2.75) is 6.92 Å². The van der Waals surface area contributed by atoms with E-state index in [-0.39, 0.29) is 5.30 Å². The maximum atomic E-state index is 11.4. The molecule has 0 amide bonds. The van der Waals surface area contributed by atoms with E-state index in [0.717, 1.165) is 33.2 Å². The van der Waals surface area contributed by atoms with Gasteiger partial charge in [-0.15, -0.1) is 0 Å². The molecule has 4 aromatic rings. The Morgan fingerprint density at radius 2 is 1.62 bits per heavy atom. The highest BCUT2D eigenvalue weighted by Crippen LogP contribution is 2.36. The monoisotopic (exact) mass is 367 g/mol. The molecule has 0 aliphatic carbocycles. The lowest BCUT2D eigenvalue weighted by atomic mass is 10.1. The van der Waals surface area contributed by atoms with E-state index in [1.165, 1.54) is 12.1 Å². The molecule has 0 aliphatic heterocycles. The highest BCUT2D eigenvalue weighted by molar-refractivity contribution is 7.60. The van der Waals surface area contributed by atoms with E-state index in [9.17, 15) is 14.4 Å². The maximum Gasteiger partial charge on any atom is 0.356 e. The van der Waals surface area contributed by atoms with Gasteiger partial charge in [0.05, 0.1) is 22.9 Å². The van der Waals surface area contributed by atoms with Crippen LogP contribution in [0.2, 0.25) is 0 Å². The molecule has 26 heavy (non-hydrogen) atoms. The van der Waals surface area contributed by atoms with Crippen molar-refractivity contribution in [2.75, 3.05) is 6.61 Å². The first kappa shape index (κ1) is 16.9. The summed E-state index contributed by atoms with van der Waals surface area (Å²) in [5.41, 5.74) is 2.89. The average Bonchev–Trinajstić information content (AvgIpc) is 2.95. The number of hydrogen-bond acceptors (Lipinski definition) is 2. The van der Waals surface area contributed by atoms with Crippen molar-refractivity contribution in [3.8, 4) is 11.4 Å². The van der Waals surface area contributed by atoms with Gasteiger partial charge in [-0.25, -0.2) is 0 Å². The third kappa shape index (κ3) is 2.80. The van der Waals surface area contributed by atoms with Crippen LogP contribution in [0.15, 0.2) is 66.7 Å². The topological polar surface area (TPSA) is 71.7 Å². The molecule has 6 heteroatoms. The lowest BCUT2D eigenvalue weighted by Crippen LogP contribution is -2.04. The fourth-order valence-corrected chi connectivity index (χ4v) is 3.82. The Labute approximate surface area is 150 Å². The largest absolute Gasteiger partial charge is 0.494 e. The van der Waals surface area contributed by atoms with Gasteiger partial charge in [0.25, 0.3) is 0 Å². The number of para-hydroxylation sites is 1. The third-order valence-electron chi connectivity index (χ3n) is 4.40. The fourth-order valence-electron chi connectivity index (χ4n) is 3.28.